The zero-order valence-electron chi connectivity index (χ0n) is 14.1. The third-order valence-corrected chi connectivity index (χ3v) is 4.73. The monoisotopic (exact) mass is 367 g/mol. The van der Waals surface area contributed by atoms with E-state index in [1.807, 2.05) is 55.5 Å². The summed E-state index contributed by atoms with van der Waals surface area (Å²) in [5.74, 6) is 1.31. The molecule has 132 valence electrons. The highest BCUT2D eigenvalue weighted by molar-refractivity contribution is 7.14. The Bertz CT molecular complexity index is 927. The summed E-state index contributed by atoms with van der Waals surface area (Å²) in [5, 5.41) is 5.62. The highest BCUT2D eigenvalue weighted by Gasteiger charge is 2.19. The van der Waals surface area contributed by atoms with Gasteiger partial charge in [0.25, 0.3) is 5.91 Å². The molecule has 1 N–H and O–H groups in total. The number of benzene rings is 2. The molecule has 1 aromatic heterocycles. The Morgan fingerprint density at radius 2 is 2.00 bits per heavy atom. The average molecular weight is 367 g/mol. The van der Waals surface area contributed by atoms with Gasteiger partial charge in [0.05, 0.1) is 0 Å². The molecular weight excluding hydrogens is 350 g/mol. The summed E-state index contributed by atoms with van der Waals surface area (Å²) in [5.41, 5.74) is 2.11. The maximum Gasteiger partial charge on any atom is 0.277 e. The standard InChI is InChI=1S/C19H17N3O3S/c1-2-22(14-6-4-3-5-7-14)18(23)15-11-26-19(21-15)20-13-8-9-16-17(10-13)25-12-24-16/h3-11H,2,12H2,1H3,(H,20,21). The van der Waals surface area contributed by atoms with E-state index in [1.165, 1.54) is 11.3 Å². The zero-order chi connectivity index (χ0) is 17.9. The van der Waals surface area contributed by atoms with Gasteiger partial charge >= 0.3 is 0 Å². The molecule has 0 saturated carbocycles. The van der Waals surface area contributed by atoms with Crippen LogP contribution in [0, 0.1) is 0 Å². The minimum atomic E-state index is -0.117. The molecule has 1 aliphatic heterocycles. The van der Waals surface area contributed by atoms with Crippen molar-refractivity contribution in [3.63, 3.8) is 0 Å². The minimum Gasteiger partial charge on any atom is -0.454 e. The van der Waals surface area contributed by atoms with Crippen LogP contribution in [0.1, 0.15) is 17.4 Å². The molecule has 4 rings (SSSR count). The Kier molecular flexibility index (Phi) is 4.45. The maximum absolute atomic E-state index is 12.8. The quantitative estimate of drug-likeness (QED) is 0.729. The Morgan fingerprint density at radius 1 is 1.19 bits per heavy atom. The number of ether oxygens (including phenoxy) is 2. The van der Waals surface area contributed by atoms with Crippen molar-refractivity contribution in [2.24, 2.45) is 0 Å². The number of amides is 1. The summed E-state index contributed by atoms with van der Waals surface area (Å²) in [6, 6.07) is 15.2. The van der Waals surface area contributed by atoms with Crippen molar-refractivity contribution < 1.29 is 14.3 Å². The van der Waals surface area contributed by atoms with Crippen LogP contribution in [0.2, 0.25) is 0 Å². The third-order valence-electron chi connectivity index (χ3n) is 3.98. The molecule has 0 aliphatic carbocycles. The van der Waals surface area contributed by atoms with E-state index >= 15 is 0 Å². The van der Waals surface area contributed by atoms with Crippen molar-refractivity contribution in [2.45, 2.75) is 6.92 Å². The van der Waals surface area contributed by atoms with Crippen LogP contribution >= 0.6 is 11.3 Å². The molecule has 1 aliphatic rings. The first kappa shape index (κ1) is 16.4. The fourth-order valence-electron chi connectivity index (χ4n) is 2.72. The van der Waals surface area contributed by atoms with E-state index in [-0.39, 0.29) is 12.7 Å². The molecule has 0 radical (unpaired) electrons. The first-order valence-corrected chi connectivity index (χ1v) is 9.11. The number of hydrogen-bond acceptors (Lipinski definition) is 6. The molecule has 1 amide bonds. The van der Waals surface area contributed by atoms with Crippen molar-refractivity contribution in [3.05, 3.63) is 59.6 Å². The second-order valence-electron chi connectivity index (χ2n) is 5.62. The minimum absolute atomic E-state index is 0.117. The highest BCUT2D eigenvalue weighted by atomic mass is 32.1. The summed E-state index contributed by atoms with van der Waals surface area (Å²) < 4.78 is 10.7. The molecule has 7 heteroatoms. The number of anilines is 3. The summed E-state index contributed by atoms with van der Waals surface area (Å²) in [4.78, 5) is 18.9. The lowest BCUT2D eigenvalue weighted by atomic mass is 10.2. The number of carbonyl (C=O) groups excluding carboxylic acids is 1. The number of nitrogens with zero attached hydrogens (tertiary/aromatic N) is 2. The first-order chi connectivity index (χ1) is 12.7. The molecule has 3 aromatic rings. The zero-order valence-corrected chi connectivity index (χ0v) is 15.0. The van der Waals surface area contributed by atoms with E-state index in [9.17, 15) is 4.79 Å². The number of hydrogen-bond donors (Lipinski definition) is 1. The molecule has 0 unspecified atom stereocenters. The van der Waals surface area contributed by atoms with Crippen LogP contribution in [0.25, 0.3) is 0 Å². The van der Waals surface area contributed by atoms with Gasteiger partial charge in [0.1, 0.15) is 5.69 Å². The van der Waals surface area contributed by atoms with Gasteiger partial charge in [0, 0.05) is 29.4 Å². The fraction of sp³-hybridized carbons (Fsp3) is 0.158. The number of rotatable bonds is 5. The normalized spacial score (nSPS) is 12.0. The van der Waals surface area contributed by atoms with E-state index < -0.39 is 0 Å². The van der Waals surface area contributed by atoms with Crippen molar-refractivity contribution in [1.82, 2.24) is 4.98 Å². The summed E-state index contributed by atoms with van der Waals surface area (Å²) >= 11 is 1.39. The van der Waals surface area contributed by atoms with Crippen LogP contribution < -0.4 is 19.7 Å². The van der Waals surface area contributed by atoms with E-state index in [0.717, 1.165) is 17.1 Å². The molecule has 0 atom stereocenters. The average Bonchev–Trinajstić information content (AvgIpc) is 3.32. The lowest BCUT2D eigenvalue weighted by Crippen LogP contribution is -2.30. The van der Waals surface area contributed by atoms with Crippen LogP contribution in [0.5, 0.6) is 11.5 Å². The van der Waals surface area contributed by atoms with Crippen LogP contribution in [0.15, 0.2) is 53.9 Å². The van der Waals surface area contributed by atoms with E-state index in [2.05, 4.69) is 10.3 Å². The predicted octanol–water partition coefficient (Wildman–Crippen LogP) is 4.28. The third kappa shape index (κ3) is 3.21. The maximum atomic E-state index is 12.8. The smallest absolute Gasteiger partial charge is 0.277 e. The summed E-state index contributed by atoms with van der Waals surface area (Å²) in [7, 11) is 0. The highest BCUT2D eigenvalue weighted by Crippen LogP contribution is 2.35. The molecule has 0 fully saturated rings. The predicted molar refractivity (Wildman–Crippen MR) is 102 cm³/mol. The van der Waals surface area contributed by atoms with Crippen LogP contribution in [-0.4, -0.2) is 24.2 Å². The van der Waals surface area contributed by atoms with Gasteiger partial charge in [-0.25, -0.2) is 4.98 Å². The molecular formula is C19H17N3O3S. The second-order valence-corrected chi connectivity index (χ2v) is 6.47. The molecule has 6 nitrogen and oxygen atoms in total. The van der Waals surface area contributed by atoms with Crippen molar-refractivity contribution in [2.75, 3.05) is 23.6 Å². The Balaban J connectivity index is 1.51. The fourth-order valence-corrected chi connectivity index (χ4v) is 3.42. The van der Waals surface area contributed by atoms with Crippen molar-refractivity contribution in [1.29, 1.82) is 0 Å². The van der Waals surface area contributed by atoms with Gasteiger partial charge in [-0.1, -0.05) is 18.2 Å². The number of fused-ring (bicyclic) bond motifs is 1. The van der Waals surface area contributed by atoms with Crippen LogP contribution in [0.3, 0.4) is 0 Å². The van der Waals surface area contributed by atoms with Gasteiger partial charge in [-0.05, 0) is 31.2 Å². The Hall–Kier alpha value is -3.06. The molecule has 0 saturated heterocycles. The van der Waals surface area contributed by atoms with Gasteiger partial charge in [-0.3, -0.25) is 4.79 Å². The van der Waals surface area contributed by atoms with E-state index in [4.69, 9.17) is 9.47 Å². The largest absolute Gasteiger partial charge is 0.454 e. The lowest BCUT2D eigenvalue weighted by molar-refractivity contribution is 0.0984. The molecule has 2 aromatic carbocycles. The SMILES string of the molecule is CCN(C(=O)c1csc(Nc2ccc3c(c2)OCO3)n1)c1ccccc1. The van der Waals surface area contributed by atoms with Gasteiger partial charge in [0.2, 0.25) is 6.79 Å². The topological polar surface area (TPSA) is 63.7 Å². The number of para-hydroxylation sites is 1. The second kappa shape index (κ2) is 7.05. The van der Waals surface area contributed by atoms with Crippen LogP contribution in [0.4, 0.5) is 16.5 Å². The van der Waals surface area contributed by atoms with Gasteiger partial charge < -0.3 is 19.7 Å². The van der Waals surface area contributed by atoms with E-state index in [0.29, 0.717) is 23.1 Å². The lowest BCUT2D eigenvalue weighted by Gasteiger charge is -2.19. The van der Waals surface area contributed by atoms with Gasteiger partial charge in [-0.2, -0.15) is 0 Å². The Labute approximate surface area is 155 Å². The van der Waals surface area contributed by atoms with Gasteiger partial charge in [-0.15, -0.1) is 11.3 Å². The van der Waals surface area contributed by atoms with E-state index in [1.54, 1.807) is 10.3 Å². The summed E-state index contributed by atoms with van der Waals surface area (Å²) in [6.45, 7) is 2.76. The molecule has 0 bridgehead atoms. The molecule has 26 heavy (non-hydrogen) atoms. The Morgan fingerprint density at radius 3 is 2.81 bits per heavy atom. The number of nitrogens with one attached hydrogen (secondary N) is 1. The summed E-state index contributed by atoms with van der Waals surface area (Å²) in [6.07, 6.45) is 0. The number of carbonyl (C=O) groups is 1. The first-order valence-electron chi connectivity index (χ1n) is 8.23. The number of thiazole rings is 1. The molecule has 2 heterocycles. The van der Waals surface area contributed by atoms with Crippen LogP contribution in [-0.2, 0) is 0 Å². The van der Waals surface area contributed by atoms with Crippen molar-refractivity contribution in [3.8, 4) is 11.5 Å². The molecule has 0 spiro atoms. The van der Waals surface area contributed by atoms with Gasteiger partial charge in [0.15, 0.2) is 16.6 Å². The number of aromatic nitrogens is 1. The van der Waals surface area contributed by atoms with Crippen molar-refractivity contribution >= 4 is 33.8 Å².